The number of anilines is 1. The van der Waals surface area contributed by atoms with E-state index in [1.807, 2.05) is 18.2 Å². The predicted octanol–water partition coefficient (Wildman–Crippen LogP) is 4.26. The summed E-state index contributed by atoms with van der Waals surface area (Å²) < 4.78 is 17.0. The molecule has 2 aromatic carbocycles. The summed E-state index contributed by atoms with van der Waals surface area (Å²) >= 11 is 0. The lowest BCUT2D eigenvalue weighted by molar-refractivity contribution is -0.115. The number of fused-ring (bicyclic) bond motifs is 3. The van der Waals surface area contributed by atoms with E-state index in [2.05, 4.69) is 17.4 Å². The summed E-state index contributed by atoms with van der Waals surface area (Å²) in [6.45, 7) is 1.27. The largest absolute Gasteiger partial charge is 0.490 e. The highest BCUT2D eigenvalue weighted by atomic mass is 16.5. The Morgan fingerprint density at radius 1 is 0.963 bits per heavy atom. The first-order valence-electron chi connectivity index (χ1n) is 9.48. The molecule has 0 atom stereocenters. The van der Waals surface area contributed by atoms with Crippen LogP contribution in [-0.2, 0) is 24.1 Å². The third-order valence-corrected chi connectivity index (χ3v) is 5.25. The van der Waals surface area contributed by atoms with E-state index in [1.54, 1.807) is 6.26 Å². The molecular formula is C22H21NO4. The SMILES string of the molecule is O=C(Cc1coc2cc3c(cc12)CCC3)Nc1ccc2c(c1)OCCCO2. The van der Waals surface area contributed by atoms with Gasteiger partial charge in [-0.15, -0.1) is 0 Å². The standard InChI is InChI=1S/C22H21NO4/c24-22(23-17-5-6-19-21(12-17)26-8-2-7-25-19)11-16-13-27-20-10-15-4-1-3-14(15)9-18(16)20/h5-6,9-10,12-13H,1-4,7-8,11H2,(H,23,24). The fraction of sp³-hybridized carbons (Fsp3) is 0.318. The van der Waals surface area contributed by atoms with Crippen LogP contribution in [-0.4, -0.2) is 19.1 Å². The van der Waals surface area contributed by atoms with Gasteiger partial charge in [-0.2, -0.15) is 0 Å². The van der Waals surface area contributed by atoms with Gasteiger partial charge in [-0.3, -0.25) is 4.79 Å². The number of nitrogens with one attached hydrogen (secondary N) is 1. The second-order valence-corrected chi connectivity index (χ2v) is 7.17. The van der Waals surface area contributed by atoms with Crippen molar-refractivity contribution in [3.8, 4) is 11.5 Å². The zero-order valence-electron chi connectivity index (χ0n) is 15.0. The number of hydrogen-bond acceptors (Lipinski definition) is 4. The highest BCUT2D eigenvalue weighted by molar-refractivity contribution is 5.95. The number of furan rings is 1. The van der Waals surface area contributed by atoms with E-state index in [4.69, 9.17) is 13.9 Å². The fourth-order valence-electron chi connectivity index (χ4n) is 3.90. The molecule has 0 radical (unpaired) electrons. The lowest BCUT2D eigenvalue weighted by Crippen LogP contribution is -2.14. The number of aryl methyl sites for hydroxylation is 2. The van der Waals surface area contributed by atoms with Gasteiger partial charge in [-0.1, -0.05) is 0 Å². The second kappa shape index (κ2) is 6.65. The molecule has 5 nitrogen and oxygen atoms in total. The monoisotopic (exact) mass is 363 g/mol. The van der Waals surface area contributed by atoms with Gasteiger partial charge in [0.2, 0.25) is 5.91 Å². The van der Waals surface area contributed by atoms with Crippen molar-refractivity contribution < 1.29 is 18.7 Å². The number of ether oxygens (including phenoxy) is 2. The quantitative estimate of drug-likeness (QED) is 0.755. The van der Waals surface area contributed by atoms with Crippen molar-refractivity contribution in [2.24, 2.45) is 0 Å². The van der Waals surface area contributed by atoms with Gasteiger partial charge in [-0.05, 0) is 54.7 Å². The Hall–Kier alpha value is -2.95. The zero-order chi connectivity index (χ0) is 18.2. The molecule has 0 fully saturated rings. The maximum atomic E-state index is 12.6. The van der Waals surface area contributed by atoms with Gasteiger partial charge in [0.25, 0.3) is 0 Å². The number of rotatable bonds is 3. The second-order valence-electron chi connectivity index (χ2n) is 7.17. The summed E-state index contributed by atoms with van der Waals surface area (Å²) in [6.07, 6.45) is 6.26. The van der Waals surface area contributed by atoms with Gasteiger partial charge in [0.05, 0.1) is 25.9 Å². The molecule has 3 aromatic rings. The maximum Gasteiger partial charge on any atom is 0.228 e. The van der Waals surface area contributed by atoms with Gasteiger partial charge in [0.15, 0.2) is 11.5 Å². The van der Waals surface area contributed by atoms with Crippen LogP contribution >= 0.6 is 0 Å². The normalized spacial score (nSPS) is 15.4. The molecule has 0 spiro atoms. The fourth-order valence-corrected chi connectivity index (χ4v) is 3.90. The van der Waals surface area contributed by atoms with Crippen molar-refractivity contribution in [2.75, 3.05) is 18.5 Å². The van der Waals surface area contributed by atoms with Gasteiger partial charge in [0.1, 0.15) is 5.58 Å². The minimum atomic E-state index is -0.0762. The van der Waals surface area contributed by atoms with Crippen molar-refractivity contribution in [3.05, 3.63) is 53.3 Å². The van der Waals surface area contributed by atoms with Crippen LogP contribution in [0.15, 0.2) is 41.0 Å². The molecule has 5 rings (SSSR count). The topological polar surface area (TPSA) is 60.7 Å². The summed E-state index contributed by atoms with van der Waals surface area (Å²) in [4.78, 5) is 12.6. The van der Waals surface area contributed by atoms with E-state index in [0.717, 1.165) is 41.5 Å². The van der Waals surface area contributed by atoms with E-state index >= 15 is 0 Å². The first-order valence-corrected chi connectivity index (χ1v) is 9.48. The molecular weight excluding hydrogens is 342 g/mol. The molecule has 0 saturated heterocycles. The predicted molar refractivity (Wildman–Crippen MR) is 103 cm³/mol. The van der Waals surface area contributed by atoms with E-state index in [-0.39, 0.29) is 12.3 Å². The number of carbonyl (C=O) groups excluding carboxylic acids is 1. The Morgan fingerprint density at radius 2 is 1.78 bits per heavy atom. The van der Waals surface area contributed by atoms with Crippen LogP contribution in [0.3, 0.4) is 0 Å². The Balaban J connectivity index is 1.34. The number of amides is 1. The van der Waals surface area contributed by atoms with Crippen molar-refractivity contribution in [3.63, 3.8) is 0 Å². The maximum absolute atomic E-state index is 12.6. The average molecular weight is 363 g/mol. The van der Waals surface area contributed by atoms with Crippen molar-refractivity contribution >= 4 is 22.6 Å². The van der Waals surface area contributed by atoms with Crippen LogP contribution in [0.1, 0.15) is 29.5 Å². The molecule has 0 unspecified atom stereocenters. The molecule has 27 heavy (non-hydrogen) atoms. The molecule has 1 amide bonds. The molecule has 2 heterocycles. The van der Waals surface area contributed by atoms with Gasteiger partial charge in [-0.25, -0.2) is 0 Å². The van der Waals surface area contributed by atoms with Crippen LogP contribution in [0.25, 0.3) is 11.0 Å². The molecule has 0 bridgehead atoms. The summed E-state index contributed by atoms with van der Waals surface area (Å²) in [5, 5.41) is 4.00. The molecule has 1 aliphatic heterocycles. The van der Waals surface area contributed by atoms with Crippen LogP contribution in [0.2, 0.25) is 0 Å². The first-order chi connectivity index (χ1) is 13.3. The Kier molecular flexibility index (Phi) is 4.00. The zero-order valence-corrected chi connectivity index (χ0v) is 15.0. The molecule has 138 valence electrons. The third kappa shape index (κ3) is 3.14. The van der Waals surface area contributed by atoms with Crippen LogP contribution < -0.4 is 14.8 Å². The smallest absolute Gasteiger partial charge is 0.228 e. The van der Waals surface area contributed by atoms with Gasteiger partial charge < -0.3 is 19.2 Å². The van der Waals surface area contributed by atoms with Crippen LogP contribution in [0.5, 0.6) is 11.5 Å². The Morgan fingerprint density at radius 3 is 2.67 bits per heavy atom. The molecule has 1 N–H and O–H groups in total. The summed E-state index contributed by atoms with van der Waals surface area (Å²) in [7, 11) is 0. The summed E-state index contributed by atoms with van der Waals surface area (Å²) in [6, 6.07) is 9.82. The van der Waals surface area contributed by atoms with Gasteiger partial charge in [0, 0.05) is 29.1 Å². The van der Waals surface area contributed by atoms with Crippen molar-refractivity contribution in [1.82, 2.24) is 0 Å². The molecule has 1 aliphatic carbocycles. The molecule has 2 aliphatic rings. The van der Waals surface area contributed by atoms with E-state index < -0.39 is 0 Å². The highest BCUT2D eigenvalue weighted by Crippen LogP contribution is 2.33. The van der Waals surface area contributed by atoms with E-state index in [9.17, 15) is 4.79 Å². The summed E-state index contributed by atoms with van der Waals surface area (Å²) in [5.41, 5.74) is 5.26. The lowest BCUT2D eigenvalue weighted by atomic mass is 10.0. The molecule has 1 aromatic heterocycles. The molecule has 5 heteroatoms. The minimum Gasteiger partial charge on any atom is -0.490 e. The van der Waals surface area contributed by atoms with Crippen LogP contribution in [0.4, 0.5) is 5.69 Å². The first kappa shape index (κ1) is 16.2. The molecule has 0 saturated carbocycles. The Bertz CT molecular complexity index is 1020. The average Bonchev–Trinajstić information content (AvgIpc) is 3.20. The minimum absolute atomic E-state index is 0.0762. The van der Waals surface area contributed by atoms with E-state index in [0.29, 0.717) is 24.7 Å². The van der Waals surface area contributed by atoms with E-state index in [1.165, 1.54) is 17.5 Å². The van der Waals surface area contributed by atoms with Crippen LogP contribution in [0, 0.1) is 0 Å². The lowest BCUT2D eigenvalue weighted by Gasteiger charge is -2.10. The number of hydrogen-bond donors (Lipinski definition) is 1. The third-order valence-electron chi connectivity index (χ3n) is 5.25. The highest BCUT2D eigenvalue weighted by Gasteiger charge is 2.17. The van der Waals surface area contributed by atoms with Crippen molar-refractivity contribution in [2.45, 2.75) is 32.1 Å². The van der Waals surface area contributed by atoms with Gasteiger partial charge >= 0.3 is 0 Å². The number of carbonyl (C=O) groups is 1. The number of benzene rings is 2. The summed E-state index contributed by atoms with van der Waals surface area (Å²) in [5.74, 6) is 1.32. The Labute approximate surface area is 157 Å². The van der Waals surface area contributed by atoms with Crippen molar-refractivity contribution in [1.29, 1.82) is 0 Å².